The van der Waals surface area contributed by atoms with Crippen molar-refractivity contribution >= 4 is 0 Å². The molecule has 1 atom stereocenters. The first kappa shape index (κ1) is 16.3. The molecule has 1 saturated carbocycles. The van der Waals surface area contributed by atoms with Crippen LogP contribution in [0.1, 0.15) is 37.2 Å². The van der Waals surface area contributed by atoms with Gasteiger partial charge in [-0.3, -0.25) is 0 Å². The van der Waals surface area contributed by atoms with Crippen LogP contribution < -0.4 is 5.73 Å². The molecule has 2 N–H and O–H groups in total. The molecule has 0 radical (unpaired) electrons. The Morgan fingerprint density at radius 2 is 1.86 bits per heavy atom. The van der Waals surface area contributed by atoms with Gasteiger partial charge in [-0.2, -0.15) is 0 Å². The van der Waals surface area contributed by atoms with Gasteiger partial charge in [0, 0.05) is 39.0 Å². The highest BCUT2D eigenvalue weighted by molar-refractivity contribution is 5.24. The SMILES string of the molecule is COC1(OC)CCC(C(CN)c2ccc(F)cc2F)CC1. The Morgan fingerprint density at radius 1 is 1.24 bits per heavy atom. The maximum atomic E-state index is 14.0. The molecule has 0 heterocycles. The minimum absolute atomic E-state index is 0.0997. The summed E-state index contributed by atoms with van der Waals surface area (Å²) in [5, 5.41) is 0. The average molecular weight is 299 g/mol. The van der Waals surface area contributed by atoms with Crippen LogP contribution in [0.5, 0.6) is 0 Å². The molecule has 2 rings (SSSR count). The predicted molar refractivity (Wildman–Crippen MR) is 76.9 cm³/mol. The Kier molecular flexibility index (Phi) is 5.30. The van der Waals surface area contributed by atoms with Gasteiger partial charge in [0.2, 0.25) is 0 Å². The van der Waals surface area contributed by atoms with Gasteiger partial charge in [0.1, 0.15) is 11.6 Å². The van der Waals surface area contributed by atoms with Crippen molar-refractivity contribution in [3.05, 3.63) is 35.4 Å². The van der Waals surface area contributed by atoms with Gasteiger partial charge in [0.25, 0.3) is 0 Å². The quantitative estimate of drug-likeness (QED) is 0.849. The summed E-state index contributed by atoms with van der Waals surface area (Å²) in [7, 11) is 3.29. The topological polar surface area (TPSA) is 44.5 Å². The number of methoxy groups -OCH3 is 2. The third-order valence-electron chi connectivity index (χ3n) is 4.72. The number of hydrogen-bond donors (Lipinski definition) is 1. The summed E-state index contributed by atoms with van der Waals surface area (Å²) >= 11 is 0. The molecule has 5 heteroatoms. The fourth-order valence-corrected chi connectivity index (χ4v) is 3.35. The van der Waals surface area contributed by atoms with Crippen molar-refractivity contribution in [1.29, 1.82) is 0 Å². The third kappa shape index (κ3) is 3.42. The molecule has 118 valence electrons. The molecule has 0 saturated heterocycles. The average Bonchev–Trinajstić information content (AvgIpc) is 2.51. The van der Waals surface area contributed by atoms with Crippen LogP contribution in [0.3, 0.4) is 0 Å². The standard InChI is InChI=1S/C16H23F2NO2/c1-20-16(21-2)7-5-11(6-8-16)14(10-19)13-4-3-12(17)9-15(13)18/h3-4,9,11,14H,5-8,10,19H2,1-2H3. The van der Waals surface area contributed by atoms with Crippen LogP contribution in [0.25, 0.3) is 0 Å². The van der Waals surface area contributed by atoms with E-state index in [1.54, 1.807) is 14.2 Å². The summed E-state index contributed by atoms with van der Waals surface area (Å²) in [5.41, 5.74) is 6.36. The van der Waals surface area contributed by atoms with Gasteiger partial charge in [-0.15, -0.1) is 0 Å². The van der Waals surface area contributed by atoms with E-state index in [2.05, 4.69) is 0 Å². The first-order chi connectivity index (χ1) is 10.0. The highest BCUT2D eigenvalue weighted by Gasteiger charge is 2.38. The normalized spacial score (nSPS) is 20.4. The lowest BCUT2D eigenvalue weighted by Gasteiger charge is -2.40. The number of nitrogens with two attached hydrogens (primary N) is 1. The van der Waals surface area contributed by atoms with Gasteiger partial charge < -0.3 is 15.2 Å². The number of rotatable bonds is 5. The van der Waals surface area contributed by atoms with E-state index in [1.807, 2.05) is 0 Å². The van der Waals surface area contributed by atoms with Crippen molar-refractivity contribution in [2.45, 2.75) is 37.4 Å². The molecule has 0 aliphatic heterocycles. The zero-order valence-corrected chi connectivity index (χ0v) is 12.6. The molecular weight excluding hydrogens is 276 g/mol. The molecule has 1 unspecified atom stereocenters. The van der Waals surface area contributed by atoms with Crippen molar-refractivity contribution in [1.82, 2.24) is 0 Å². The predicted octanol–water partition coefficient (Wildman–Crippen LogP) is 3.19. The molecule has 0 spiro atoms. The van der Waals surface area contributed by atoms with Gasteiger partial charge in [-0.05, 0) is 36.9 Å². The van der Waals surface area contributed by atoms with E-state index in [0.29, 0.717) is 12.1 Å². The fourth-order valence-electron chi connectivity index (χ4n) is 3.35. The van der Waals surface area contributed by atoms with Crippen LogP contribution in [0.15, 0.2) is 18.2 Å². The molecular formula is C16H23F2NO2. The van der Waals surface area contributed by atoms with Crippen LogP contribution in [0, 0.1) is 17.6 Å². The molecule has 1 aliphatic carbocycles. The second kappa shape index (κ2) is 6.81. The summed E-state index contributed by atoms with van der Waals surface area (Å²) in [6, 6.07) is 3.73. The molecule has 1 aliphatic rings. The van der Waals surface area contributed by atoms with Crippen molar-refractivity contribution in [3.8, 4) is 0 Å². The van der Waals surface area contributed by atoms with E-state index >= 15 is 0 Å². The van der Waals surface area contributed by atoms with Crippen molar-refractivity contribution in [3.63, 3.8) is 0 Å². The van der Waals surface area contributed by atoms with Gasteiger partial charge in [-0.25, -0.2) is 8.78 Å². The largest absolute Gasteiger partial charge is 0.353 e. The minimum atomic E-state index is -0.562. The Balaban J connectivity index is 2.13. The monoisotopic (exact) mass is 299 g/mol. The molecule has 0 amide bonds. The maximum absolute atomic E-state index is 14.0. The molecule has 3 nitrogen and oxygen atoms in total. The number of benzene rings is 1. The van der Waals surface area contributed by atoms with Crippen LogP contribution in [0.4, 0.5) is 8.78 Å². The van der Waals surface area contributed by atoms with Crippen molar-refractivity contribution < 1.29 is 18.3 Å². The van der Waals surface area contributed by atoms with Crippen LogP contribution in [-0.4, -0.2) is 26.6 Å². The van der Waals surface area contributed by atoms with Crippen LogP contribution in [0.2, 0.25) is 0 Å². The van der Waals surface area contributed by atoms with E-state index < -0.39 is 17.4 Å². The summed E-state index contributed by atoms with van der Waals surface area (Å²) in [6.45, 7) is 0.347. The molecule has 1 aromatic rings. The van der Waals surface area contributed by atoms with E-state index in [-0.39, 0.29) is 11.8 Å². The van der Waals surface area contributed by atoms with Crippen molar-refractivity contribution in [2.24, 2.45) is 11.7 Å². The minimum Gasteiger partial charge on any atom is -0.353 e. The first-order valence-electron chi connectivity index (χ1n) is 7.30. The number of hydrogen-bond acceptors (Lipinski definition) is 3. The van der Waals surface area contributed by atoms with E-state index in [4.69, 9.17) is 15.2 Å². The zero-order valence-electron chi connectivity index (χ0n) is 12.6. The van der Waals surface area contributed by atoms with Gasteiger partial charge >= 0.3 is 0 Å². The van der Waals surface area contributed by atoms with E-state index in [1.165, 1.54) is 12.1 Å². The lowest BCUT2D eigenvalue weighted by Crippen LogP contribution is -2.40. The van der Waals surface area contributed by atoms with Crippen LogP contribution in [-0.2, 0) is 9.47 Å². The molecule has 21 heavy (non-hydrogen) atoms. The highest BCUT2D eigenvalue weighted by Crippen LogP contribution is 2.41. The lowest BCUT2D eigenvalue weighted by molar-refractivity contribution is -0.228. The molecule has 1 aromatic carbocycles. The number of ether oxygens (including phenoxy) is 2. The van der Waals surface area contributed by atoms with Gasteiger partial charge in [-0.1, -0.05) is 6.07 Å². The zero-order chi connectivity index (χ0) is 15.5. The van der Waals surface area contributed by atoms with Gasteiger partial charge in [0.15, 0.2) is 5.79 Å². The second-order valence-corrected chi connectivity index (χ2v) is 5.66. The Bertz CT molecular complexity index is 467. The Hall–Kier alpha value is -1.04. The summed E-state index contributed by atoms with van der Waals surface area (Å²) < 4.78 is 37.9. The number of halogens is 2. The van der Waals surface area contributed by atoms with Gasteiger partial charge in [0.05, 0.1) is 0 Å². The Morgan fingerprint density at radius 3 is 2.33 bits per heavy atom. The summed E-state index contributed by atoms with van der Waals surface area (Å²) in [5.74, 6) is -1.45. The third-order valence-corrected chi connectivity index (χ3v) is 4.72. The smallest absolute Gasteiger partial charge is 0.167 e. The molecule has 0 bridgehead atoms. The summed E-state index contributed by atoms with van der Waals surface area (Å²) in [6.07, 6.45) is 3.20. The molecule has 0 aromatic heterocycles. The van der Waals surface area contributed by atoms with E-state index in [0.717, 1.165) is 31.7 Å². The van der Waals surface area contributed by atoms with Crippen LogP contribution >= 0.6 is 0 Å². The first-order valence-corrected chi connectivity index (χ1v) is 7.30. The van der Waals surface area contributed by atoms with E-state index in [9.17, 15) is 8.78 Å². The highest BCUT2D eigenvalue weighted by atomic mass is 19.1. The lowest BCUT2D eigenvalue weighted by atomic mass is 9.74. The van der Waals surface area contributed by atoms with Crippen molar-refractivity contribution in [2.75, 3.05) is 20.8 Å². The Labute approximate surface area is 124 Å². The maximum Gasteiger partial charge on any atom is 0.167 e. The second-order valence-electron chi connectivity index (χ2n) is 5.66. The fraction of sp³-hybridized carbons (Fsp3) is 0.625. The summed E-state index contributed by atoms with van der Waals surface area (Å²) in [4.78, 5) is 0. The molecule has 1 fully saturated rings.